The van der Waals surface area contributed by atoms with E-state index in [9.17, 15) is 14.4 Å². The van der Waals surface area contributed by atoms with Crippen LogP contribution in [0.4, 0.5) is 0 Å². The summed E-state index contributed by atoms with van der Waals surface area (Å²) >= 11 is 3.31. The molecule has 0 spiro atoms. The van der Waals surface area contributed by atoms with E-state index in [1.165, 1.54) is 6.21 Å². The van der Waals surface area contributed by atoms with Crippen LogP contribution in [0.2, 0.25) is 0 Å². The molecule has 10 heteroatoms. The summed E-state index contributed by atoms with van der Waals surface area (Å²) in [6.07, 6.45) is 9.75. The van der Waals surface area contributed by atoms with Crippen LogP contribution in [0.25, 0.3) is 32.0 Å². The number of carbonyl (C=O) groups excluding carboxylic acids is 3. The molecule has 0 bridgehead atoms. The minimum Gasteiger partial charge on any atom is -0.333 e. The first-order chi connectivity index (χ1) is 27.4. The van der Waals surface area contributed by atoms with Gasteiger partial charge in [-0.05, 0) is 59.1 Å². The van der Waals surface area contributed by atoms with Gasteiger partial charge in [0.2, 0.25) is 17.7 Å². The predicted molar refractivity (Wildman–Crippen MR) is 225 cm³/mol. The molecular formula is C46H43N5O3S2. The summed E-state index contributed by atoms with van der Waals surface area (Å²) in [7, 11) is 0. The fraction of sp³-hybridized carbons (Fsp3) is 0.261. The lowest BCUT2D eigenvalue weighted by Gasteiger charge is -2.26. The van der Waals surface area contributed by atoms with Crippen molar-refractivity contribution in [2.24, 2.45) is 4.99 Å². The highest BCUT2D eigenvalue weighted by Gasteiger charge is 2.36. The molecule has 2 fully saturated rings. The van der Waals surface area contributed by atoms with Crippen molar-refractivity contribution in [1.82, 2.24) is 19.8 Å². The van der Waals surface area contributed by atoms with Crippen LogP contribution in [0.3, 0.4) is 0 Å². The van der Waals surface area contributed by atoms with E-state index in [4.69, 9.17) is 9.97 Å². The molecule has 0 radical (unpaired) electrons. The molecule has 4 heterocycles. The molecule has 2 saturated heterocycles. The number of likely N-dealkylation sites (tertiary alicyclic amines) is 2. The van der Waals surface area contributed by atoms with Gasteiger partial charge in [-0.1, -0.05) is 116 Å². The van der Waals surface area contributed by atoms with Crippen LogP contribution in [0.15, 0.2) is 127 Å². The maximum atomic E-state index is 14.0. The minimum atomic E-state index is -0.627. The molecule has 2 aromatic heterocycles. The van der Waals surface area contributed by atoms with Gasteiger partial charge in [0.25, 0.3) is 0 Å². The van der Waals surface area contributed by atoms with E-state index < -0.39 is 5.92 Å². The third-order valence-electron chi connectivity index (χ3n) is 10.7. The number of rotatable bonds is 11. The van der Waals surface area contributed by atoms with Gasteiger partial charge < -0.3 is 9.80 Å². The van der Waals surface area contributed by atoms with Crippen LogP contribution in [0, 0.1) is 0 Å². The summed E-state index contributed by atoms with van der Waals surface area (Å²) in [5.41, 5.74) is 6.31. The average Bonchev–Trinajstić information content (AvgIpc) is 4.09. The fourth-order valence-electron chi connectivity index (χ4n) is 7.67. The summed E-state index contributed by atoms with van der Waals surface area (Å²) in [6, 6.07) is 36.6. The Morgan fingerprint density at radius 2 is 1.20 bits per heavy atom. The quantitative estimate of drug-likeness (QED) is 0.122. The average molecular weight is 778 g/mol. The third-order valence-corrected chi connectivity index (χ3v) is 13.0. The number of aromatic nitrogens is 2. The molecule has 6 aromatic rings. The predicted octanol–water partition coefficient (Wildman–Crippen LogP) is 9.96. The molecule has 3 amide bonds. The Hall–Kier alpha value is -5.58. The Morgan fingerprint density at radius 3 is 1.75 bits per heavy atom. The number of aliphatic imine (C=N–C) groups is 1. The topological polar surface area (TPSA) is 95.8 Å². The van der Waals surface area contributed by atoms with Crippen molar-refractivity contribution >= 4 is 46.6 Å². The van der Waals surface area contributed by atoms with Crippen molar-refractivity contribution in [2.45, 2.75) is 63.5 Å². The fourth-order valence-corrected chi connectivity index (χ4v) is 9.81. The summed E-state index contributed by atoms with van der Waals surface area (Å²) in [4.78, 5) is 59.1. The summed E-state index contributed by atoms with van der Waals surface area (Å²) in [5.74, 6) is -0.759. The Balaban J connectivity index is 0.923. The summed E-state index contributed by atoms with van der Waals surface area (Å²) in [6.45, 7) is 3.19. The maximum Gasteiger partial charge on any atom is 0.245 e. The first kappa shape index (κ1) is 37.3. The van der Waals surface area contributed by atoms with Crippen molar-refractivity contribution in [3.63, 3.8) is 0 Å². The third kappa shape index (κ3) is 8.17. The van der Waals surface area contributed by atoms with E-state index in [-0.39, 0.29) is 29.8 Å². The number of amides is 3. The van der Waals surface area contributed by atoms with Crippen LogP contribution >= 0.6 is 22.7 Å². The lowest BCUT2D eigenvalue weighted by molar-refractivity contribution is -0.132. The monoisotopic (exact) mass is 777 g/mol. The van der Waals surface area contributed by atoms with Crippen LogP contribution in [-0.2, 0) is 20.8 Å². The van der Waals surface area contributed by atoms with E-state index in [1.54, 1.807) is 29.6 Å². The van der Waals surface area contributed by atoms with Gasteiger partial charge in [-0.3, -0.25) is 14.4 Å². The Labute approximate surface area is 335 Å². The number of hydrogen-bond donors (Lipinski definition) is 0. The second kappa shape index (κ2) is 17.1. The SMILES string of the molecule is CCC(=O)N=CC(C(=O)N1CCC[C@H]1c1ncc(-c2ccc(-c3ccc(-c4cnc(C5CCCN5C(=O)Cc5ccccc5)s4)cc3)cc2)s1)c1ccccc1. The normalized spacial score (nSPS) is 17.4. The molecular weight excluding hydrogens is 735 g/mol. The lowest BCUT2D eigenvalue weighted by atomic mass is 9.98. The van der Waals surface area contributed by atoms with Crippen LogP contribution in [0.5, 0.6) is 0 Å². The molecule has 4 aromatic carbocycles. The van der Waals surface area contributed by atoms with Crippen molar-refractivity contribution in [3.05, 3.63) is 143 Å². The van der Waals surface area contributed by atoms with Gasteiger partial charge >= 0.3 is 0 Å². The highest BCUT2D eigenvalue weighted by Crippen LogP contribution is 2.40. The van der Waals surface area contributed by atoms with Gasteiger partial charge in [0.1, 0.15) is 10.0 Å². The van der Waals surface area contributed by atoms with Gasteiger partial charge in [-0.25, -0.2) is 15.0 Å². The summed E-state index contributed by atoms with van der Waals surface area (Å²) < 4.78 is 0. The first-order valence-electron chi connectivity index (χ1n) is 19.3. The number of thiazole rings is 2. The van der Waals surface area contributed by atoms with Gasteiger partial charge in [0.15, 0.2) is 0 Å². The lowest BCUT2D eigenvalue weighted by Crippen LogP contribution is -2.35. The number of benzene rings is 4. The molecule has 2 aliphatic rings. The van der Waals surface area contributed by atoms with Crippen LogP contribution in [-0.4, -0.2) is 56.8 Å². The van der Waals surface area contributed by atoms with Crippen LogP contribution < -0.4 is 0 Å². The Bertz CT molecular complexity index is 2320. The smallest absolute Gasteiger partial charge is 0.245 e. The highest BCUT2D eigenvalue weighted by atomic mass is 32.1. The molecule has 0 saturated carbocycles. The molecule has 2 unspecified atom stereocenters. The van der Waals surface area contributed by atoms with E-state index >= 15 is 0 Å². The number of carbonyl (C=O) groups is 3. The molecule has 0 aliphatic carbocycles. The van der Waals surface area contributed by atoms with Crippen molar-refractivity contribution in [3.8, 4) is 32.0 Å². The molecule has 3 atom stereocenters. The molecule has 8 nitrogen and oxygen atoms in total. The zero-order chi connectivity index (χ0) is 38.4. The van der Waals surface area contributed by atoms with E-state index in [0.29, 0.717) is 19.4 Å². The van der Waals surface area contributed by atoms with Crippen molar-refractivity contribution < 1.29 is 14.4 Å². The summed E-state index contributed by atoms with van der Waals surface area (Å²) in [5, 5.41) is 1.92. The zero-order valence-corrected chi connectivity index (χ0v) is 32.9. The van der Waals surface area contributed by atoms with E-state index in [2.05, 4.69) is 53.5 Å². The maximum absolute atomic E-state index is 14.0. The van der Waals surface area contributed by atoms with Crippen molar-refractivity contribution in [2.75, 3.05) is 13.1 Å². The van der Waals surface area contributed by atoms with E-state index in [1.807, 2.05) is 82.9 Å². The first-order valence-corrected chi connectivity index (χ1v) is 21.0. The Morgan fingerprint density at radius 1 is 0.696 bits per heavy atom. The van der Waals surface area contributed by atoms with Crippen LogP contribution in [0.1, 0.15) is 78.2 Å². The molecule has 8 rings (SSSR count). The highest BCUT2D eigenvalue weighted by molar-refractivity contribution is 7.15. The standard InChI is InChI=1S/C46H43N5O3S2/c1-2-42(52)47-28-37(34-13-7-4-8-14-34)46(54)51-26-10-16-39(51)45-49-30-41(56-45)36-23-19-33(20-24-36)32-17-21-35(22-18-32)40-29-48-44(55-40)38-15-9-25-50(38)43(53)27-31-11-5-3-6-12-31/h3-8,11-14,17-24,28-30,37-39H,2,9-10,15-16,25-27H2,1H3/t37?,38?,39-/m0/s1. The van der Waals surface area contributed by atoms with Crippen molar-refractivity contribution in [1.29, 1.82) is 0 Å². The molecule has 56 heavy (non-hydrogen) atoms. The second-order valence-electron chi connectivity index (χ2n) is 14.3. The minimum absolute atomic E-state index is 0.0346. The molecule has 0 N–H and O–H groups in total. The number of nitrogens with zero attached hydrogens (tertiary/aromatic N) is 5. The molecule has 282 valence electrons. The van der Waals surface area contributed by atoms with E-state index in [0.717, 1.165) is 85.4 Å². The number of hydrogen-bond acceptors (Lipinski definition) is 7. The van der Waals surface area contributed by atoms with Gasteiger partial charge in [0.05, 0.1) is 34.2 Å². The van der Waals surface area contributed by atoms with Gasteiger partial charge in [-0.15, -0.1) is 22.7 Å². The van der Waals surface area contributed by atoms with Gasteiger partial charge in [0, 0.05) is 38.1 Å². The van der Waals surface area contributed by atoms with Gasteiger partial charge in [-0.2, -0.15) is 0 Å². The molecule has 2 aliphatic heterocycles. The largest absolute Gasteiger partial charge is 0.333 e. The second-order valence-corrected chi connectivity index (χ2v) is 16.4. The Kier molecular flexibility index (Phi) is 11.4. The zero-order valence-electron chi connectivity index (χ0n) is 31.3.